The summed E-state index contributed by atoms with van der Waals surface area (Å²) in [5, 5.41) is 3.40. The van der Waals surface area contributed by atoms with E-state index in [1.807, 2.05) is 0 Å². The molecule has 0 radical (unpaired) electrons. The summed E-state index contributed by atoms with van der Waals surface area (Å²) in [6.45, 7) is 4.16. The van der Waals surface area contributed by atoms with Gasteiger partial charge in [-0.05, 0) is 18.6 Å². The molecule has 1 fully saturated rings. The van der Waals surface area contributed by atoms with Crippen molar-refractivity contribution in [3.63, 3.8) is 0 Å². The second-order valence-electron chi connectivity index (χ2n) is 5.51. The summed E-state index contributed by atoms with van der Waals surface area (Å²) in [6.07, 6.45) is 0.991. The highest BCUT2D eigenvalue weighted by atomic mass is 35.5. The van der Waals surface area contributed by atoms with Gasteiger partial charge in [0.15, 0.2) is 0 Å². The van der Waals surface area contributed by atoms with Crippen LogP contribution in [-0.4, -0.2) is 25.2 Å². The van der Waals surface area contributed by atoms with E-state index in [1.54, 1.807) is 25.3 Å². The molecule has 1 amide bonds. The van der Waals surface area contributed by atoms with Gasteiger partial charge in [0.05, 0.1) is 22.4 Å². The molecule has 1 aromatic carbocycles. The number of carbonyl (C=O) groups excluding carboxylic acids is 1. The summed E-state index contributed by atoms with van der Waals surface area (Å²) in [4.78, 5) is 12.2. The normalized spacial score (nSPS) is 24.6. The van der Waals surface area contributed by atoms with E-state index in [2.05, 4.69) is 19.2 Å². The molecule has 0 aromatic heterocycles. The van der Waals surface area contributed by atoms with Crippen molar-refractivity contribution < 1.29 is 9.53 Å². The average Bonchev–Trinajstić information content (AvgIpc) is 2.37. The summed E-state index contributed by atoms with van der Waals surface area (Å²) in [7, 11) is 1.69. The summed E-state index contributed by atoms with van der Waals surface area (Å²) >= 11 is 5.92. The second kappa shape index (κ2) is 5.02. The lowest BCUT2D eigenvalue weighted by Gasteiger charge is -2.51. The van der Waals surface area contributed by atoms with Crippen molar-refractivity contribution >= 4 is 23.2 Å². The zero-order valence-corrected chi connectivity index (χ0v) is 12.1. The Morgan fingerprint density at radius 3 is 2.79 bits per heavy atom. The standard InChI is InChI=1S/C14H19ClN2O2/c1-14(2)10(7-11(14)19-3)17-13(18)8-5-4-6-9(15)12(8)16/h4-6,10-11H,7,16H2,1-3H3,(H,17,18). The van der Waals surface area contributed by atoms with Crippen molar-refractivity contribution in [3.8, 4) is 0 Å². The Kier molecular flexibility index (Phi) is 3.74. The summed E-state index contributed by atoms with van der Waals surface area (Å²) < 4.78 is 5.36. The van der Waals surface area contributed by atoms with Crippen LogP contribution in [0.2, 0.25) is 5.02 Å². The van der Waals surface area contributed by atoms with Gasteiger partial charge in [-0.15, -0.1) is 0 Å². The van der Waals surface area contributed by atoms with Gasteiger partial charge in [0, 0.05) is 18.6 Å². The van der Waals surface area contributed by atoms with Crippen molar-refractivity contribution in [2.75, 3.05) is 12.8 Å². The summed E-state index contributed by atoms with van der Waals surface area (Å²) in [6, 6.07) is 5.15. The topological polar surface area (TPSA) is 64.3 Å². The molecule has 0 aliphatic heterocycles. The van der Waals surface area contributed by atoms with E-state index in [0.29, 0.717) is 16.3 Å². The largest absolute Gasteiger partial charge is 0.397 e. The monoisotopic (exact) mass is 282 g/mol. The van der Waals surface area contributed by atoms with Crippen LogP contribution in [0.1, 0.15) is 30.6 Å². The van der Waals surface area contributed by atoms with Crippen LogP contribution >= 0.6 is 11.6 Å². The first-order chi connectivity index (χ1) is 8.87. The number of halogens is 1. The number of nitrogen functional groups attached to an aromatic ring is 1. The van der Waals surface area contributed by atoms with E-state index in [9.17, 15) is 4.79 Å². The number of para-hydroxylation sites is 1. The molecule has 2 unspecified atom stereocenters. The zero-order valence-electron chi connectivity index (χ0n) is 11.4. The van der Waals surface area contributed by atoms with E-state index >= 15 is 0 Å². The van der Waals surface area contributed by atoms with Gasteiger partial charge in [-0.25, -0.2) is 0 Å². The Hall–Kier alpha value is -1.26. The number of carbonyl (C=O) groups is 1. The van der Waals surface area contributed by atoms with Crippen molar-refractivity contribution in [1.29, 1.82) is 0 Å². The third kappa shape index (κ3) is 2.42. The van der Waals surface area contributed by atoms with Crippen LogP contribution in [0.15, 0.2) is 18.2 Å². The first-order valence-corrected chi connectivity index (χ1v) is 6.63. The molecule has 0 spiro atoms. The van der Waals surface area contributed by atoms with Crippen LogP contribution in [0, 0.1) is 5.41 Å². The predicted octanol–water partition coefficient (Wildman–Crippen LogP) is 2.47. The smallest absolute Gasteiger partial charge is 0.253 e. The van der Waals surface area contributed by atoms with Gasteiger partial charge in [-0.3, -0.25) is 4.79 Å². The predicted molar refractivity (Wildman–Crippen MR) is 76.3 cm³/mol. The highest BCUT2D eigenvalue weighted by Crippen LogP contribution is 2.42. The van der Waals surface area contributed by atoms with E-state index in [0.717, 1.165) is 6.42 Å². The maximum atomic E-state index is 12.2. The Bertz CT molecular complexity index is 502. The number of methoxy groups -OCH3 is 1. The first-order valence-electron chi connectivity index (χ1n) is 6.25. The van der Waals surface area contributed by atoms with Crippen LogP contribution in [-0.2, 0) is 4.74 Å². The molecule has 3 N–H and O–H groups in total. The second-order valence-corrected chi connectivity index (χ2v) is 5.92. The van der Waals surface area contributed by atoms with Crippen LogP contribution in [0.4, 0.5) is 5.69 Å². The molecule has 2 atom stereocenters. The molecule has 0 heterocycles. The molecule has 0 saturated heterocycles. The molecule has 2 rings (SSSR count). The molecule has 1 aliphatic rings. The number of benzene rings is 1. The third-order valence-corrected chi connectivity index (χ3v) is 4.39. The number of amides is 1. The van der Waals surface area contributed by atoms with E-state index < -0.39 is 0 Å². The Morgan fingerprint density at radius 1 is 1.53 bits per heavy atom. The average molecular weight is 283 g/mol. The summed E-state index contributed by atoms with van der Waals surface area (Å²) in [5.74, 6) is -0.187. The molecule has 1 saturated carbocycles. The molecule has 4 nitrogen and oxygen atoms in total. The highest BCUT2D eigenvalue weighted by Gasteiger charge is 2.49. The highest BCUT2D eigenvalue weighted by molar-refractivity contribution is 6.33. The van der Waals surface area contributed by atoms with Crippen LogP contribution in [0.25, 0.3) is 0 Å². The van der Waals surface area contributed by atoms with Gasteiger partial charge in [-0.2, -0.15) is 0 Å². The fraction of sp³-hybridized carbons (Fsp3) is 0.500. The molecule has 5 heteroatoms. The van der Waals surface area contributed by atoms with Gasteiger partial charge in [-0.1, -0.05) is 31.5 Å². The number of anilines is 1. The van der Waals surface area contributed by atoms with E-state index in [-0.39, 0.29) is 23.5 Å². The van der Waals surface area contributed by atoms with Crippen LogP contribution in [0.5, 0.6) is 0 Å². The zero-order chi connectivity index (χ0) is 14.2. The SMILES string of the molecule is COC1CC(NC(=O)c2cccc(Cl)c2N)C1(C)C. The Balaban J connectivity index is 2.09. The minimum absolute atomic E-state index is 0.0717. The number of ether oxygens (including phenoxy) is 1. The van der Waals surface area contributed by atoms with Gasteiger partial charge in [0.25, 0.3) is 5.91 Å². The lowest BCUT2D eigenvalue weighted by molar-refractivity contribution is -0.0942. The Labute approximate surface area is 118 Å². The van der Waals surface area contributed by atoms with Gasteiger partial charge in [0.2, 0.25) is 0 Å². The minimum Gasteiger partial charge on any atom is -0.397 e. The van der Waals surface area contributed by atoms with Crippen molar-refractivity contribution in [2.45, 2.75) is 32.4 Å². The van der Waals surface area contributed by atoms with Gasteiger partial charge >= 0.3 is 0 Å². The molecule has 1 aromatic rings. The number of rotatable bonds is 3. The number of nitrogens with two attached hydrogens (primary N) is 1. The van der Waals surface area contributed by atoms with Crippen molar-refractivity contribution in [3.05, 3.63) is 28.8 Å². The minimum atomic E-state index is -0.187. The first kappa shape index (κ1) is 14.2. The van der Waals surface area contributed by atoms with Crippen LogP contribution < -0.4 is 11.1 Å². The molecule has 104 valence electrons. The van der Waals surface area contributed by atoms with Gasteiger partial charge in [0.1, 0.15) is 0 Å². The summed E-state index contributed by atoms with van der Waals surface area (Å²) in [5.41, 5.74) is 6.49. The lowest BCUT2D eigenvalue weighted by Crippen LogP contribution is -2.61. The fourth-order valence-corrected chi connectivity index (χ4v) is 2.68. The molecular weight excluding hydrogens is 264 g/mol. The molecular formula is C14H19ClN2O2. The number of nitrogens with one attached hydrogen (secondary N) is 1. The lowest BCUT2D eigenvalue weighted by atomic mass is 9.64. The third-order valence-electron chi connectivity index (χ3n) is 4.07. The van der Waals surface area contributed by atoms with E-state index in [4.69, 9.17) is 22.1 Å². The molecule has 0 bridgehead atoms. The van der Waals surface area contributed by atoms with Crippen molar-refractivity contribution in [1.82, 2.24) is 5.32 Å². The van der Waals surface area contributed by atoms with Gasteiger partial charge < -0.3 is 15.8 Å². The molecule has 1 aliphatic carbocycles. The van der Waals surface area contributed by atoms with E-state index in [1.165, 1.54) is 0 Å². The maximum absolute atomic E-state index is 12.2. The Morgan fingerprint density at radius 2 is 2.21 bits per heavy atom. The maximum Gasteiger partial charge on any atom is 0.253 e. The van der Waals surface area contributed by atoms with Crippen LogP contribution in [0.3, 0.4) is 0 Å². The molecule has 19 heavy (non-hydrogen) atoms. The number of hydrogen-bond donors (Lipinski definition) is 2. The number of hydrogen-bond acceptors (Lipinski definition) is 3. The quantitative estimate of drug-likeness (QED) is 0.837. The van der Waals surface area contributed by atoms with Crippen molar-refractivity contribution in [2.24, 2.45) is 5.41 Å². The fourth-order valence-electron chi connectivity index (χ4n) is 2.50.